The lowest BCUT2D eigenvalue weighted by molar-refractivity contribution is 0.0714. The van der Waals surface area contributed by atoms with Crippen LogP contribution in [-0.2, 0) is 13.6 Å². The molecule has 32 heavy (non-hydrogen) atoms. The van der Waals surface area contributed by atoms with E-state index in [0.29, 0.717) is 24.4 Å². The van der Waals surface area contributed by atoms with Gasteiger partial charge in [-0.25, -0.2) is 4.39 Å². The van der Waals surface area contributed by atoms with Crippen molar-refractivity contribution in [1.29, 1.82) is 0 Å². The lowest BCUT2D eigenvalue weighted by Crippen LogP contribution is -2.39. The van der Waals surface area contributed by atoms with Crippen molar-refractivity contribution >= 4 is 5.91 Å². The molecule has 1 atom stereocenters. The minimum absolute atomic E-state index is 0.0288. The molecule has 0 fully saturated rings. The SMILES string of the molecule is Cc1nn(C)c(C)c1C1CN(C(=O)c2cc(-c3ccc(F)cc3)on2)Cc2ccccc21. The molecule has 2 aromatic heterocycles. The van der Waals surface area contributed by atoms with Crippen LogP contribution in [-0.4, -0.2) is 32.3 Å². The highest BCUT2D eigenvalue weighted by Gasteiger charge is 2.33. The molecule has 1 amide bonds. The Bertz CT molecular complexity index is 1310. The molecule has 0 radical (unpaired) electrons. The molecule has 1 aliphatic heterocycles. The van der Waals surface area contributed by atoms with Gasteiger partial charge in [-0.15, -0.1) is 0 Å². The summed E-state index contributed by atoms with van der Waals surface area (Å²) in [6.45, 7) is 5.11. The van der Waals surface area contributed by atoms with E-state index in [1.54, 1.807) is 18.2 Å². The van der Waals surface area contributed by atoms with E-state index in [1.807, 2.05) is 35.7 Å². The second-order valence-corrected chi connectivity index (χ2v) is 8.23. The Morgan fingerprint density at radius 2 is 1.88 bits per heavy atom. The van der Waals surface area contributed by atoms with Crippen LogP contribution in [0.5, 0.6) is 0 Å². The van der Waals surface area contributed by atoms with E-state index in [0.717, 1.165) is 22.5 Å². The molecular formula is C25H23FN4O2. The molecule has 0 N–H and O–H groups in total. The van der Waals surface area contributed by atoms with Crippen LogP contribution >= 0.6 is 0 Å². The van der Waals surface area contributed by atoms with Gasteiger partial charge in [0.2, 0.25) is 0 Å². The van der Waals surface area contributed by atoms with Crippen molar-refractivity contribution in [2.45, 2.75) is 26.3 Å². The first-order valence-corrected chi connectivity index (χ1v) is 10.5. The average Bonchev–Trinajstić information content (AvgIpc) is 3.38. The van der Waals surface area contributed by atoms with Gasteiger partial charge >= 0.3 is 0 Å². The van der Waals surface area contributed by atoms with Gasteiger partial charge in [-0.2, -0.15) is 5.10 Å². The maximum absolute atomic E-state index is 13.4. The van der Waals surface area contributed by atoms with Crippen LogP contribution in [0.2, 0.25) is 0 Å². The third-order valence-corrected chi connectivity index (χ3v) is 6.25. The fraction of sp³-hybridized carbons (Fsp3) is 0.240. The first-order valence-electron chi connectivity index (χ1n) is 10.5. The molecule has 5 rings (SSSR count). The van der Waals surface area contributed by atoms with Crippen LogP contribution in [0, 0.1) is 19.7 Å². The number of aryl methyl sites for hydroxylation is 2. The van der Waals surface area contributed by atoms with Crippen molar-refractivity contribution in [3.8, 4) is 11.3 Å². The molecule has 0 aliphatic carbocycles. The quantitative estimate of drug-likeness (QED) is 0.476. The van der Waals surface area contributed by atoms with Gasteiger partial charge in [-0.1, -0.05) is 29.4 Å². The fourth-order valence-electron chi connectivity index (χ4n) is 4.59. The Morgan fingerprint density at radius 1 is 1.12 bits per heavy atom. The zero-order chi connectivity index (χ0) is 22.4. The number of nitrogens with zero attached hydrogens (tertiary/aromatic N) is 4. The standard InChI is InChI=1S/C25H23FN4O2/c1-15-24(16(2)29(3)27-15)21-14-30(13-18-6-4-5-7-20(18)21)25(31)22-12-23(32-28-22)17-8-10-19(26)11-9-17/h4-12,21H,13-14H2,1-3H3. The topological polar surface area (TPSA) is 64.2 Å². The normalized spacial score (nSPS) is 15.6. The number of hydrogen-bond acceptors (Lipinski definition) is 4. The average molecular weight is 430 g/mol. The summed E-state index contributed by atoms with van der Waals surface area (Å²) in [5.41, 5.74) is 6.47. The molecule has 162 valence electrons. The largest absolute Gasteiger partial charge is 0.355 e. The number of hydrogen-bond donors (Lipinski definition) is 0. The maximum Gasteiger partial charge on any atom is 0.276 e. The van der Waals surface area contributed by atoms with E-state index in [-0.39, 0.29) is 23.3 Å². The lowest BCUT2D eigenvalue weighted by Gasteiger charge is -2.34. The zero-order valence-corrected chi connectivity index (χ0v) is 18.2. The third kappa shape index (κ3) is 3.39. The Labute approximate surface area is 185 Å². The number of aromatic nitrogens is 3. The molecule has 0 saturated heterocycles. The molecule has 6 nitrogen and oxygen atoms in total. The molecular weight excluding hydrogens is 407 g/mol. The summed E-state index contributed by atoms with van der Waals surface area (Å²) in [6.07, 6.45) is 0. The van der Waals surface area contributed by atoms with Gasteiger partial charge in [-0.05, 0) is 49.2 Å². The van der Waals surface area contributed by atoms with Gasteiger partial charge in [0.15, 0.2) is 11.5 Å². The fourth-order valence-corrected chi connectivity index (χ4v) is 4.59. The molecule has 0 spiro atoms. The van der Waals surface area contributed by atoms with Crippen molar-refractivity contribution in [3.05, 3.63) is 94.2 Å². The van der Waals surface area contributed by atoms with Gasteiger partial charge in [0.25, 0.3) is 5.91 Å². The van der Waals surface area contributed by atoms with Gasteiger partial charge in [-0.3, -0.25) is 9.48 Å². The van der Waals surface area contributed by atoms with Crippen LogP contribution in [0.15, 0.2) is 59.1 Å². The summed E-state index contributed by atoms with van der Waals surface area (Å²) in [6, 6.07) is 15.8. The van der Waals surface area contributed by atoms with Crippen molar-refractivity contribution < 1.29 is 13.7 Å². The smallest absolute Gasteiger partial charge is 0.276 e. The number of carbonyl (C=O) groups excluding carboxylic acids is 1. The number of fused-ring (bicyclic) bond motifs is 1. The predicted molar refractivity (Wildman–Crippen MR) is 118 cm³/mol. The first kappa shape index (κ1) is 20.2. The zero-order valence-electron chi connectivity index (χ0n) is 18.2. The summed E-state index contributed by atoms with van der Waals surface area (Å²) in [7, 11) is 1.94. The van der Waals surface area contributed by atoms with Crippen molar-refractivity contribution in [1.82, 2.24) is 19.8 Å². The number of benzene rings is 2. The van der Waals surface area contributed by atoms with Crippen LogP contribution < -0.4 is 0 Å². The minimum Gasteiger partial charge on any atom is -0.355 e. The van der Waals surface area contributed by atoms with Crippen LogP contribution in [0.25, 0.3) is 11.3 Å². The molecule has 1 unspecified atom stereocenters. The Morgan fingerprint density at radius 3 is 2.59 bits per heavy atom. The minimum atomic E-state index is -0.330. The van der Waals surface area contributed by atoms with Crippen LogP contribution in [0.1, 0.15) is 44.5 Å². The highest BCUT2D eigenvalue weighted by molar-refractivity contribution is 5.93. The number of carbonyl (C=O) groups is 1. The monoisotopic (exact) mass is 430 g/mol. The van der Waals surface area contributed by atoms with Gasteiger partial charge in [0, 0.05) is 48.9 Å². The van der Waals surface area contributed by atoms with E-state index >= 15 is 0 Å². The van der Waals surface area contributed by atoms with Gasteiger partial charge < -0.3 is 9.42 Å². The third-order valence-electron chi connectivity index (χ3n) is 6.25. The highest BCUT2D eigenvalue weighted by atomic mass is 19.1. The number of rotatable bonds is 3. The first-order chi connectivity index (χ1) is 15.4. The second-order valence-electron chi connectivity index (χ2n) is 8.23. The molecule has 4 aromatic rings. The van der Waals surface area contributed by atoms with Gasteiger partial charge in [0.1, 0.15) is 5.82 Å². The highest BCUT2D eigenvalue weighted by Crippen LogP contribution is 2.37. The molecule has 0 saturated carbocycles. The molecule has 0 bridgehead atoms. The lowest BCUT2D eigenvalue weighted by atomic mass is 9.83. The summed E-state index contributed by atoms with van der Waals surface area (Å²) < 4.78 is 20.5. The van der Waals surface area contributed by atoms with E-state index in [2.05, 4.69) is 29.3 Å². The molecule has 3 heterocycles. The van der Waals surface area contributed by atoms with Crippen molar-refractivity contribution in [2.24, 2.45) is 7.05 Å². The number of amides is 1. The molecule has 1 aliphatic rings. The Kier molecular flexibility index (Phi) is 4.89. The van der Waals surface area contributed by atoms with Crippen molar-refractivity contribution in [3.63, 3.8) is 0 Å². The Hall–Kier alpha value is -3.74. The van der Waals surface area contributed by atoms with E-state index in [1.165, 1.54) is 17.7 Å². The maximum atomic E-state index is 13.4. The van der Waals surface area contributed by atoms with Crippen molar-refractivity contribution in [2.75, 3.05) is 6.54 Å². The predicted octanol–water partition coefficient (Wildman–Crippen LogP) is 4.62. The Balaban J connectivity index is 1.48. The molecule has 2 aromatic carbocycles. The summed E-state index contributed by atoms with van der Waals surface area (Å²) in [5.74, 6) is -0.0632. The molecule has 7 heteroatoms. The van der Waals surface area contributed by atoms with Crippen LogP contribution in [0.4, 0.5) is 4.39 Å². The number of halogens is 1. The summed E-state index contributed by atoms with van der Waals surface area (Å²) in [5, 5.41) is 8.60. The van der Waals surface area contributed by atoms with E-state index in [4.69, 9.17) is 4.52 Å². The van der Waals surface area contributed by atoms with Gasteiger partial charge in [0.05, 0.1) is 5.69 Å². The summed E-state index contributed by atoms with van der Waals surface area (Å²) in [4.78, 5) is 15.2. The van der Waals surface area contributed by atoms with E-state index in [9.17, 15) is 9.18 Å². The van der Waals surface area contributed by atoms with E-state index < -0.39 is 0 Å². The van der Waals surface area contributed by atoms with Crippen LogP contribution in [0.3, 0.4) is 0 Å². The second kappa shape index (κ2) is 7.75. The summed E-state index contributed by atoms with van der Waals surface area (Å²) >= 11 is 0.